The molecule has 1 N–H and O–H groups in total. The van der Waals surface area contributed by atoms with Crippen molar-refractivity contribution >= 4 is 36.6 Å². The number of aryl methyl sites for hydroxylation is 1. The van der Waals surface area contributed by atoms with Gasteiger partial charge in [-0.05, 0) is 60.6 Å². The Bertz CT molecular complexity index is 768. The van der Waals surface area contributed by atoms with Gasteiger partial charge in [-0.2, -0.15) is 13.2 Å². The molecule has 0 aliphatic carbocycles. The minimum Gasteiger partial charge on any atom is -0.427 e. The van der Waals surface area contributed by atoms with Crippen LogP contribution in [0.1, 0.15) is 5.56 Å². The van der Waals surface area contributed by atoms with E-state index in [0.29, 0.717) is 10.7 Å². The molecule has 130 valence electrons. The molecule has 0 aliphatic rings. The van der Waals surface area contributed by atoms with Gasteiger partial charge in [-0.1, -0.05) is 17.7 Å². The maximum absolute atomic E-state index is 12.6. The van der Waals surface area contributed by atoms with E-state index in [9.17, 15) is 17.7 Å². The summed E-state index contributed by atoms with van der Waals surface area (Å²) in [5, 5.41) is 3.01. The molecule has 0 saturated carbocycles. The van der Waals surface area contributed by atoms with Crippen LogP contribution in [0.3, 0.4) is 0 Å². The minimum atomic E-state index is -4.35. The lowest BCUT2D eigenvalue weighted by Gasteiger charge is -2.18. The topological polar surface area (TPSA) is 38.3 Å². The Morgan fingerprint density at radius 3 is 2.38 bits per heavy atom. The van der Waals surface area contributed by atoms with Crippen LogP contribution in [0.2, 0.25) is 5.02 Å². The number of rotatable bonds is 5. The molecule has 0 heterocycles. The molecule has 0 radical (unpaired) electrons. The van der Waals surface area contributed by atoms with Gasteiger partial charge < -0.3 is 9.61 Å². The van der Waals surface area contributed by atoms with Gasteiger partial charge in [-0.3, -0.25) is 4.57 Å². The Morgan fingerprint density at radius 2 is 1.79 bits per heavy atom. The van der Waals surface area contributed by atoms with Crippen LogP contribution in [0.5, 0.6) is 5.75 Å². The Balaban J connectivity index is 2.08. The number of benzene rings is 2. The standard InChI is InChI=1S/C15H14ClF3NO2PS/c1-10-3-8-13(16)14(9-10)22-23(2,21)20-11-4-6-12(7-5-11)24-15(17,18)19/h3-9H,1-2H3,(H,20,21)/t23-/m1/s1. The molecule has 0 amide bonds. The Labute approximate surface area is 147 Å². The van der Waals surface area contributed by atoms with E-state index >= 15 is 0 Å². The van der Waals surface area contributed by atoms with Gasteiger partial charge in [0.25, 0.3) is 0 Å². The van der Waals surface area contributed by atoms with Gasteiger partial charge in [0.1, 0.15) is 5.75 Å². The van der Waals surface area contributed by atoms with Crippen LogP contribution in [0.4, 0.5) is 18.9 Å². The van der Waals surface area contributed by atoms with Crippen LogP contribution in [-0.4, -0.2) is 12.2 Å². The number of thioether (sulfide) groups is 1. The average Bonchev–Trinajstić information content (AvgIpc) is 2.43. The summed E-state index contributed by atoms with van der Waals surface area (Å²) in [5.74, 6) is 0.277. The van der Waals surface area contributed by atoms with Gasteiger partial charge in [0.15, 0.2) is 0 Å². The molecule has 1 atom stereocenters. The first-order chi connectivity index (χ1) is 11.0. The smallest absolute Gasteiger partial charge is 0.427 e. The third kappa shape index (κ3) is 5.96. The molecule has 24 heavy (non-hydrogen) atoms. The molecule has 9 heteroatoms. The number of halogens is 4. The van der Waals surface area contributed by atoms with E-state index in [0.717, 1.165) is 5.56 Å². The molecular weight excluding hydrogens is 382 g/mol. The largest absolute Gasteiger partial charge is 0.446 e. The van der Waals surface area contributed by atoms with Gasteiger partial charge in [-0.15, -0.1) is 0 Å². The quantitative estimate of drug-likeness (QED) is 0.458. The molecule has 3 nitrogen and oxygen atoms in total. The number of nitrogens with one attached hydrogen (secondary N) is 1. The third-order valence-electron chi connectivity index (χ3n) is 2.78. The van der Waals surface area contributed by atoms with Crippen molar-refractivity contribution in [3.05, 3.63) is 53.1 Å². The van der Waals surface area contributed by atoms with Crippen molar-refractivity contribution in [2.75, 3.05) is 11.8 Å². The summed E-state index contributed by atoms with van der Waals surface area (Å²) in [5.41, 5.74) is -3.07. The van der Waals surface area contributed by atoms with Crippen molar-refractivity contribution in [2.24, 2.45) is 0 Å². The SMILES string of the molecule is Cc1ccc(Cl)c(O[P@@](C)(=O)Nc2ccc(SC(F)(F)F)cc2)c1. The van der Waals surface area contributed by atoms with E-state index < -0.39 is 13.0 Å². The van der Waals surface area contributed by atoms with E-state index in [1.54, 1.807) is 18.2 Å². The fourth-order valence-electron chi connectivity index (χ4n) is 1.86. The fourth-order valence-corrected chi connectivity index (χ4v) is 3.80. The van der Waals surface area contributed by atoms with Gasteiger partial charge in [0.05, 0.1) is 5.02 Å². The fraction of sp³-hybridized carbons (Fsp3) is 0.200. The molecule has 0 bridgehead atoms. The van der Waals surface area contributed by atoms with Crippen LogP contribution < -0.4 is 9.61 Å². The molecule has 0 spiro atoms. The zero-order valence-electron chi connectivity index (χ0n) is 12.7. The molecule has 0 aliphatic heterocycles. The van der Waals surface area contributed by atoms with Gasteiger partial charge in [0.2, 0.25) is 0 Å². The van der Waals surface area contributed by atoms with E-state index in [2.05, 4.69) is 5.09 Å². The maximum atomic E-state index is 12.6. The predicted octanol–water partition coefficient (Wildman–Crippen LogP) is 6.57. The van der Waals surface area contributed by atoms with Crippen LogP contribution in [-0.2, 0) is 4.57 Å². The summed E-state index contributed by atoms with van der Waals surface area (Å²) in [7, 11) is -3.30. The van der Waals surface area contributed by atoms with Gasteiger partial charge >= 0.3 is 13.0 Å². The van der Waals surface area contributed by atoms with Crippen molar-refractivity contribution in [1.29, 1.82) is 0 Å². The highest BCUT2D eigenvalue weighted by Crippen LogP contribution is 2.46. The number of hydrogen-bond donors (Lipinski definition) is 1. The van der Waals surface area contributed by atoms with Crippen molar-refractivity contribution in [3.63, 3.8) is 0 Å². The zero-order valence-corrected chi connectivity index (χ0v) is 15.2. The Hall–Kier alpha value is -1.30. The second-order valence-corrected chi connectivity index (χ2v) is 8.70. The summed E-state index contributed by atoms with van der Waals surface area (Å²) in [6.07, 6.45) is 0. The van der Waals surface area contributed by atoms with E-state index in [-0.39, 0.29) is 22.4 Å². The minimum absolute atomic E-state index is 0.0432. The molecule has 0 fully saturated rings. The van der Waals surface area contributed by atoms with Gasteiger partial charge in [0, 0.05) is 17.2 Å². The predicted molar refractivity (Wildman–Crippen MR) is 92.3 cm³/mol. The molecule has 0 unspecified atom stereocenters. The second-order valence-electron chi connectivity index (χ2n) is 5.06. The first-order valence-corrected chi connectivity index (χ1v) is 9.98. The summed E-state index contributed by atoms with van der Waals surface area (Å²) >= 11 is 5.79. The highest BCUT2D eigenvalue weighted by atomic mass is 35.5. The molecule has 2 aromatic carbocycles. The van der Waals surface area contributed by atoms with E-state index in [1.165, 1.54) is 30.9 Å². The lowest BCUT2D eigenvalue weighted by molar-refractivity contribution is -0.0328. The van der Waals surface area contributed by atoms with Gasteiger partial charge in [-0.25, -0.2) is 0 Å². The van der Waals surface area contributed by atoms with Crippen LogP contribution >= 0.6 is 30.9 Å². The van der Waals surface area contributed by atoms with Crippen molar-refractivity contribution in [2.45, 2.75) is 17.3 Å². The lowest BCUT2D eigenvalue weighted by atomic mass is 10.2. The second kappa shape index (κ2) is 7.30. The Morgan fingerprint density at radius 1 is 1.17 bits per heavy atom. The molecule has 2 aromatic rings. The lowest BCUT2D eigenvalue weighted by Crippen LogP contribution is -2.03. The summed E-state index contributed by atoms with van der Waals surface area (Å²) in [6, 6.07) is 10.5. The van der Waals surface area contributed by atoms with Crippen LogP contribution in [0.25, 0.3) is 0 Å². The Kier molecular flexibility index (Phi) is 5.78. The summed E-state index contributed by atoms with van der Waals surface area (Å²) in [4.78, 5) is 0.0432. The number of alkyl halides is 3. The first kappa shape index (κ1) is 19.0. The highest BCUT2D eigenvalue weighted by molar-refractivity contribution is 8.00. The zero-order chi connectivity index (χ0) is 18.0. The summed E-state index contributed by atoms with van der Waals surface area (Å²) < 4.78 is 54.9. The van der Waals surface area contributed by atoms with Crippen LogP contribution in [0.15, 0.2) is 47.4 Å². The molecule has 2 rings (SSSR count). The van der Waals surface area contributed by atoms with Crippen LogP contribution in [0, 0.1) is 6.92 Å². The number of hydrogen-bond acceptors (Lipinski definition) is 3. The maximum Gasteiger partial charge on any atom is 0.446 e. The van der Waals surface area contributed by atoms with E-state index in [1.807, 2.05) is 6.92 Å². The van der Waals surface area contributed by atoms with E-state index in [4.69, 9.17) is 16.1 Å². The molecule has 0 aromatic heterocycles. The molecular formula is C15H14ClF3NO2PS. The average molecular weight is 396 g/mol. The third-order valence-corrected chi connectivity index (χ3v) is 5.04. The number of anilines is 1. The first-order valence-electron chi connectivity index (χ1n) is 6.71. The normalized spacial score (nSPS) is 14.1. The van der Waals surface area contributed by atoms with Crippen molar-refractivity contribution < 1.29 is 22.3 Å². The molecule has 0 saturated heterocycles. The van der Waals surface area contributed by atoms with Crippen molar-refractivity contribution in [3.8, 4) is 5.75 Å². The monoisotopic (exact) mass is 395 g/mol. The highest BCUT2D eigenvalue weighted by Gasteiger charge is 2.29. The van der Waals surface area contributed by atoms with Crippen molar-refractivity contribution in [1.82, 2.24) is 0 Å². The summed E-state index contributed by atoms with van der Waals surface area (Å²) in [6.45, 7) is 3.21.